The fourth-order valence-electron chi connectivity index (χ4n) is 2.77. The zero-order valence-corrected chi connectivity index (χ0v) is 12.4. The van der Waals surface area contributed by atoms with Gasteiger partial charge >= 0.3 is 0 Å². The lowest BCUT2D eigenvalue weighted by Crippen LogP contribution is -2.27. The second-order valence-electron chi connectivity index (χ2n) is 5.75. The van der Waals surface area contributed by atoms with Crippen LogP contribution in [0.2, 0.25) is 0 Å². The van der Waals surface area contributed by atoms with Crippen molar-refractivity contribution in [2.75, 3.05) is 30.3 Å². The molecule has 0 radical (unpaired) electrons. The topological polar surface area (TPSA) is 79.5 Å². The summed E-state index contributed by atoms with van der Waals surface area (Å²) in [6, 6.07) is 7.17. The van der Waals surface area contributed by atoms with E-state index in [1.165, 1.54) is 0 Å². The summed E-state index contributed by atoms with van der Waals surface area (Å²) in [6.07, 6.45) is 2.24. The second-order valence-corrected chi connectivity index (χ2v) is 5.75. The number of rotatable bonds is 4. The van der Waals surface area contributed by atoms with Crippen LogP contribution in [-0.2, 0) is 14.3 Å². The van der Waals surface area contributed by atoms with Crippen molar-refractivity contribution >= 4 is 23.2 Å². The SMILES string of the molecule is O=C(Nc1ccc(NC(=O)C2CCCO2)cc1)C1CCNC1. The van der Waals surface area contributed by atoms with E-state index in [4.69, 9.17) is 4.74 Å². The average molecular weight is 303 g/mol. The van der Waals surface area contributed by atoms with Crippen LogP contribution in [0.1, 0.15) is 19.3 Å². The summed E-state index contributed by atoms with van der Waals surface area (Å²) < 4.78 is 5.35. The molecule has 2 aliphatic heterocycles. The van der Waals surface area contributed by atoms with Crippen molar-refractivity contribution in [3.63, 3.8) is 0 Å². The Hall–Kier alpha value is -1.92. The molecule has 6 heteroatoms. The van der Waals surface area contributed by atoms with Crippen LogP contribution in [0.25, 0.3) is 0 Å². The molecule has 1 aromatic carbocycles. The first kappa shape index (κ1) is 15.0. The highest BCUT2D eigenvalue weighted by atomic mass is 16.5. The van der Waals surface area contributed by atoms with Crippen molar-refractivity contribution in [2.45, 2.75) is 25.4 Å². The molecule has 2 aliphatic rings. The molecule has 2 atom stereocenters. The van der Waals surface area contributed by atoms with Gasteiger partial charge in [-0.25, -0.2) is 0 Å². The van der Waals surface area contributed by atoms with Crippen LogP contribution in [0.15, 0.2) is 24.3 Å². The van der Waals surface area contributed by atoms with E-state index >= 15 is 0 Å². The lowest BCUT2D eigenvalue weighted by Gasteiger charge is -2.12. The summed E-state index contributed by atoms with van der Waals surface area (Å²) in [6.45, 7) is 2.28. The molecule has 0 saturated carbocycles. The Balaban J connectivity index is 1.53. The Morgan fingerprint density at radius 1 is 1.05 bits per heavy atom. The second kappa shape index (κ2) is 6.89. The lowest BCUT2D eigenvalue weighted by molar-refractivity contribution is -0.124. The smallest absolute Gasteiger partial charge is 0.253 e. The van der Waals surface area contributed by atoms with E-state index in [9.17, 15) is 9.59 Å². The minimum atomic E-state index is -0.339. The number of amides is 2. The maximum atomic E-state index is 12.0. The van der Waals surface area contributed by atoms with Crippen molar-refractivity contribution in [1.82, 2.24) is 5.32 Å². The summed E-state index contributed by atoms with van der Waals surface area (Å²) >= 11 is 0. The predicted molar refractivity (Wildman–Crippen MR) is 83.7 cm³/mol. The third-order valence-electron chi connectivity index (χ3n) is 4.07. The summed E-state index contributed by atoms with van der Waals surface area (Å²) in [4.78, 5) is 24.0. The number of carbonyl (C=O) groups excluding carboxylic acids is 2. The van der Waals surface area contributed by atoms with E-state index in [0.717, 1.165) is 38.0 Å². The number of hydrogen-bond acceptors (Lipinski definition) is 4. The van der Waals surface area contributed by atoms with Crippen molar-refractivity contribution in [1.29, 1.82) is 0 Å². The van der Waals surface area contributed by atoms with Crippen LogP contribution in [0, 0.1) is 5.92 Å². The molecule has 6 nitrogen and oxygen atoms in total. The highest BCUT2D eigenvalue weighted by Gasteiger charge is 2.24. The largest absolute Gasteiger partial charge is 0.368 e. The first-order chi connectivity index (χ1) is 10.7. The van der Waals surface area contributed by atoms with Crippen molar-refractivity contribution in [3.05, 3.63) is 24.3 Å². The van der Waals surface area contributed by atoms with Crippen molar-refractivity contribution in [2.24, 2.45) is 5.92 Å². The predicted octanol–water partition coefficient (Wildman–Crippen LogP) is 1.35. The van der Waals surface area contributed by atoms with Gasteiger partial charge in [-0.05, 0) is 50.1 Å². The molecule has 2 heterocycles. The molecule has 2 unspecified atom stereocenters. The van der Waals surface area contributed by atoms with Gasteiger partial charge in [-0.15, -0.1) is 0 Å². The standard InChI is InChI=1S/C16H21N3O3/c20-15(11-7-8-17-10-11)18-12-3-5-13(6-4-12)19-16(21)14-2-1-9-22-14/h3-6,11,14,17H,1-2,7-10H2,(H,18,20)(H,19,21). The Bertz CT molecular complexity index is 483. The fraction of sp³-hybridized carbons (Fsp3) is 0.500. The minimum absolute atomic E-state index is 0.0406. The van der Waals surface area contributed by atoms with Crippen LogP contribution in [-0.4, -0.2) is 37.6 Å². The molecule has 0 bridgehead atoms. The molecule has 2 amide bonds. The number of benzene rings is 1. The summed E-state index contributed by atoms with van der Waals surface area (Å²) in [5.41, 5.74) is 1.45. The van der Waals surface area contributed by atoms with Gasteiger partial charge in [0.15, 0.2) is 0 Å². The van der Waals surface area contributed by atoms with E-state index in [2.05, 4.69) is 16.0 Å². The van der Waals surface area contributed by atoms with E-state index in [-0.39, 0.29) is 23.8 Å². The molecule has 2 saturated heterocycles. The van der Waals surface area contributed by atoms with Crippen molar-refractivity contribution < 1.29 is 14.3 Å². The van der Waals surface area contributed by atoms with Gasteiger partial charge in [0.25, 0.3) is 5.91 Å². The normalized spacial score (nSPS) is 24.2. The Morgan fingerprint density at radius 2 is 1.73 bits per heavy atom. The fourth-order valence-corrected chi connectivity index (χ4v) is 2.77. The number of nitrogens with one attached hydrogen (secondary N) is 3. The molecule has 0 aliphatic carbocycles. The number of ether oxygens (including phenoxy) is 1. The first-order valence-corrected chi connectivity index (χ1v) is 7.76. The van der Waals surface area contributed by atoms with Gasteiger partial charge < -0.3 is 20.7 Å². The van der Waals surface area contributed by atoms with Gasteiger partial charge in [0.05, 0.1) is 5.92 Å². The maximum Gasteiger partial charge on any atom is 0.253 e. The monoisotopic (exact) mass is 303 g/mol. The molecular weight excluding hydrogens is 282 g/mol. The molecule has 2 fully saturated rings. The molecule has 22 heavy (non-hydrogen) atoms. The molecule has 0 aromatic heterocycles. The van der Waals surface area contributed by atoms with E-state index in [1.807, 2.05) is 0 Å². The van der Waals surface area contributed by atoms with Crippen LogP contribution >= 0.6 is 0 Å². The molecule has 3 N–H and O–H groups in total. The first-order valence-electron chi connectivity index (χ1n) is 7.76. The summed E-state index contributed by atoms with van der Waals surface area (Å²) in [5.74, 6) is -0.0219. The quantitative estimate of drug-likeness (QED) is 0.784. The third-order valence-corrected chi connectivity index (χ3v) is 4.07. The highest BCUT2D eigenvalue weighted by Crippen LogP contribution is 2.18. The zero-order chi connectivity index (χ0) is 15.4. The van der Waals surface area contributed by atoms with Crippen LogP contribution in [0.3, 0.4) is 0 Å². The Kier molecular flexibility index (Phi) is 4.70. The van der Waals surface area contributed by atoms with Crippen LogP contribution in [0.5, 0.6) is 0 Å². The summed E-state index contributed by atoms with van der Waals surface area (Å²) in [7, 11) is 0. The minimum Gasteiger partial charge on any atom is -0.368 e. The van der Waals surface area contributed by atoms with Crippen LogP contribution in [0.4, 0.5) is 11.4 Å². The van der Waals surface area contributed by atoms with E-state index in [0.29, 0.717) is 12.3 Å². The maximum absolute atomic E-state index is 12.0. The molecule has 0 spiro atoms. The van der Waals surface area contributed by atoms with Gasteiger partial charge in [-0.2, -0.15) is 0 Å². The number of hydrogen-bond donors (Lipinski definition) is 3. The van der Waals surface area contributed by atoms with Gasteiger partial charge in [0, 0.05) is 24.5 Å². The van der Waals surface area contributed by atoms with Gasteiger partial charge in [0.1, 0.15) is 6.10 Å². The average Bonchev–Trinajstić information content (AvgIpc) is 3.23. The van der Waals surface area contributed by atoms with Gasteiger partial charge in [0.2, 0.25) is 5.91 Å². The van der Waals surface area contributed by atoms with Gasteiger partial charge in [-0.3, -0.25) is 9.59 Å². The third kappa shape index (κ3) is 3.64. The summed E-state index contributed by atoms with van der Waals surface area (Å²) in [5, 5.41) is 8.91. The Labute approximate surface area is 129 Å². The zero-order valence-electron chi connectivity index (χ0n) is 12.4. The molecule has 118 valence electrons. The number of carbonyl (C=O) groups is 2. The molecule has 1 aromatic rings. The molecular formula is C16H21N3O3. The van der Waals surface area contributed by atoms with E-state index in [1.54, 1.807) is 24.3 Å². The van der Waals surface area contributed by atoms with E-state index < -0.39 is 0 Å². The highest BCUT2D eigenvalue weighted by molar-refractivity contribution is 5.95. The van der Waals surface area contributed by atoms with Crippen molar-refractivity contribution in [3.8, 4) is 0 Å². The van der Waals surface area contributed by atoms with Crippen LogP contribution < -0.4 is 16.0 Å². The lowest BCUT2D eigenvalue weighted by atomic mass is 10.1. The van der Waals surface area contributed by atoms with Gasteiger partial charge in [-0.1, -0.05) is 0 Å². The molecule has 3 rings (SSSR count). The Morgan fingerprint density at radius 3 is 2.27 bits per heavy atom. The number of anilines is 2.